The number of hydrogen-bond donors (Lipinski definition) is 2. The van der Waals surface area contributed by atoms with Gasteiger partial charge in [0, 0.05) is 5.69 Å². The van der Waals surface area contributed by atoms with Crippen LogP contribution in [0.25, 0.3) is 0 Å². The Morgan fingerprint density at radius 1 is 1.29 bits per heavy atom. The van der Waals surface area contributed by atoms with Gasteiger partial charge in [-0.2, -0.15) is 5.26 Å². The fourth-order valence-electron chi connectivity index (χ4n) is 1.29. The van der Waals surface area contributed by atoms with Gasteiger partial charge in [-0.25, -0.2) is 8.42 Å². The summed E-state index contributed by atoms with van der Waals surface area (Å²) in [6.45, 7) is 0.349. The summed E-state index contributed by atoms with van der Waals surface area (Å²) >= 11 is 0. The van der Waals surface area contributed by atoms with Crippen LogP contribution in [0.3, 0.4) is 0 Å². The standard InChI is InChI=1S/C11H15N3O2S/c12-7-1-9-17(15,16)14-11-4-2-10(3-5-11)6-8-13/h2-5,14H,1,6-7,9,12H2. The summed E-state index contributed by atoms with van der Waals surface area (Å²) in [5, 5.41) is 8.50. The van der Waals surface area contributed by atoms with Crippen LogP contribution in [-0.4, -0.2) is 20.7 Å². The van der Waals surface area contributed by atoms with E-state index < -0.39 is 10.0 Å². The second kappa shape index (κ2) is 6.23. The van der Waals surface area contributed by atoms with Crippen LogP contribution in [0.2, 0.25) is 0 Å². The second-order valence-corrected chi connectivity index (χ2v) is 5.44. The molecule has 0 bridgehead atoms. The molecule has 17 heavy (non-hydrogen) atoms. The Morgan fingerprint density at radius 2 is 1.94 bits per heavy atom. The first-order valence-electron chi connectivity index (χ1n) is 5.24. The van der Waals surface area contributed by atoms with Crippen molar-refractivity contribution in [3.05, 3.63) is 29.8 Å². The van der Waals surface area contributed by atoms with Crippen LogP contribution >= 0.6 is 0 Å². The summed E-state index contributed by atoms with van der Waals surface area (Å²) in [4.78, 5) is 0. The van der Waals surface area contributed by atoms with Crippen LogP contribution in [0.5, 0.6) is 0 Å². The van der Waals surface area contributed by atoms with Crippen LogP contribution < -0.4 is 10.5 Å². The number of nitrogens with two attached hydrogens (primary N) is 1. The smallest absolute Gasteiger partial charge is 0.232 e. The number of anilines is 1. The van der Waals surface area contributed by atoms with E-state index in [1.807, 2.05) is 6.07 Å². The number of nitrogens with zero attached hydrogens (tertiary/aromatic N) is 1. The number of nitrogens with one attached hydrogen (secondary N) is 1. The fourth-order valence-corrected chi connectivity index (χ4v) is 2.43. The summed E-state index contributed by atoms with van der Waals surface area (Å²) in [7, 11) is -3.32. The van der Waals surface area contributed by atoms with E-state index in [2.05, 4.69) is 4.72 Å². The van der Waals surface area contributed by atoms with Crippen molar-refractivity contribution in [3.8, 4) is 6.07 Å². The van der Waals surface area contributed by atoms with Gasteiger partial charge in [-0.3, -0.25) is 4.72 Å². The molecule has 0 aromatic heterocycles. The first-order chi connectivity index (χ1) is 8.07. The van der Waals surface area contributed by atoms with E-state index in [0.29, 0.717) is 25.1 Å². The highest BCUT2D eigenvalue weighted by Crippen LogP contribution is 2.12. The lowest BCUT2D eigenvalue weighted by atomic mass is 10.1. The van der Waals surface area contributed by atoms with Gasteiger partial charge in [-0.1, -0.05) is 12.1 Å². The van der Waals surface area contributed by atoms with E-state index >= 15 is 0 Å². The van der Waals surface area contributed by atoms with Gasteiger partial charge < -0.3 is 5.73 Å². The van der Waals surface area contributed by atoms with Gasteiger partial charge in [0.05, 0.1) is 18.2 Å². The fraction of sp³-hybridized carbons (Fsp3) is 0.364. The maximum atomic E-state index is 11.6. The molecule has 6 heteroatoms. The highest BCUT2D eigenvalue weighted by molar-refractivity contribution is 7.92. The predicted molar refractivity (Wildman–Crippen MR) is 66.8 cm³/mol. The molecule has 3 N–H and O–H groups in total. The largest absolute Gasteiger partial charge is 0.330 e. The Hall–Kier alpha value is -1.58. The molecule has 0 unspecified atom stereocenters. The second-order valence-electron chi connectivity index (χ2n) is 3.59. The molecule has 0 radical (unpaired) electrons. The molecule has 0 saturated carbocycles. The van der Waals surface area contributed by atoms with Crippen molar-refractivity contribution < 1.29 is 8.42 Å². The zero-order valence-electron chi connectivity index (χ0n) is 9.39. The Kier molecular flexibility index (Phi) is 4.94. The van der Waals surface area contributed by atoms with Crippen molar-refractivity contribution >= 4 is 15.7 Å². The Balaban J connectivity index is 2.66. The maximum absolute atomic E-state index is 11.6. The topological polar surface area (TPSA) is 96.0 Å². The van der Waals surface area contributed by atoms with Crippen LogP contribution in [0, 0.1) is 11.3 Å². The zero-order chi connectivity index (χ0) is 12.7. The van der Waals surface area contributed by atoms with Gasteiger partial charge >= 0.3 is 0 Å². The van der Waals surface area contributed by atoms with Crippen molar-refractivity contribution in [2.45, 2.75) is 12.8 Å². The minimum Gasteiger partial charge on any atom is -0.330 e. The van der Waals surface area contributed by atoms with E-state index in [1.54, 1.807) is 24.3 Å². The van der Waals surface area contributed by atoms with E-state index in [0.717, 1.165) is 5.56 Å². The predicted octanol–water partition coefficient (Wildman–Crippen LogP) is 0.843. The summed E-state index contributed by atoms with van der Waals surface area (Å²) in [5.41, 5.74) is 6.62. The molecule has 0 spiro atoms. The number of sulfonamides is 1. The SMILES string of the molecule is N#CCc1ccc(NS(=O)(=O)CCCN)cc1. The zero-order valence-corrected chi connectivity index (χ0v) is 10.2. The van der Waals surface area contributed by atoms with Crippen LogP contribution in [0.4, 0.5) is 5.69 Å². The Morgan fingerprint density at radius 3 is 2.47 bits per heavy atom. The highest BCUT2D eigenvalue weighted by atomic mass is 32.2. The number of benzene rings is 1. The van der Waals surface area contributed by atoms with Crippen molar-refractivity contribution in [3.63, 3.8) is 0 Å². The van der Waals surface area contributed by atoms with Crippen molar-refractivity contribution in [1.29, 1.82) is 5.26 Å². The molecule has 0 saturated heterocycles. The molecule has 0 aliphatic rings. The van der Waals surface area contributed by atoms with Gasteiger partial charge in [-0.05, 0) is 30.7 Å². The van der Waals surface area contributed by atoms with Crippen LogP contribution in [0.1, 0.15) is 12.0 Å². The summed E-state index contributed by atoms with van der Waals surface area (Å²) in [6, 6.07) is 8.77. The number of rotatable bonds is 6. The lowest BCUT2D eigenvalue weighted by molar-refractivity contribution is 0.599. The van der Waals surface area contributed by atoms with Crippen molar-refractivity contribution in [2.75, 3.05) is 17.0 Å². The molecule has 5 nitrogen and oxygen atoms in total. The summed E-state index contributed by atoms with van der Waals surface area (Å²) < 4.78 is 25.6. The molecule has 0 amide bonds. The molecule has 0 heterocycles. The van der Waals surface area contributed by atoms with Crippen LogP contribution in [0.15, 0.2) is 24.3 Å². The maximum Gasteiger partial charge on any atom is 0.232 e. The first kappa shape index (κ1) is 13.5. The number of nitriles is 1. The molecule has 0 aliphatic carbocycles. The molecule has 92 valence electrons. The first-order valence-corrected chi connectivity index (χ1v) is 6.89. The van der Waals surface area contributed by atoms with E-state index in [4.69, 9.17) is 11.0 Å². The lowest BCUT2D eigenvalue weighted by Crippen LogP contribution is -2.18. The Bertz CT molecular complexity index is 488. The van der Waals surface area contributed by atoms with Gasteiger partial charge in [0.1, 0.15) is 0 Å². The normalized spacial score (nSPS) is 10.8. The van der Waals surface area contributed by atoms with Gasteiger partial charge in [-0.15, -0.1) is 0 Å². The van der Waals surface area contributed by atoms with Crippen LogP contribution in [-0.2, 0) is 16.4 Å². The monoisotopic (exact) mass is 253 g/mol. The molecule has 1 rings (SSSR count). The Labute approximate surface area is 101 Å². The molecule has 0 aliphatic heterocycles. The van der Waals surface area contributed by atoms with Gasteiger partial charge in [0.25, 0.3) is 0 Å². The number of hydrogen-bond acceptors (Lipinski definition) is 4. The summed E-state index contributed by atoms with van der Waals surface area (Å²) in [6.07, 6.45) is 0.752. The average molecular weight is 253 g/mol. The minimum atomic E-state index is -3.32. The molecule has 0 atom stereocenters. The van der Waals surface area contributed by atoms with E-state index in [-0.39, 0.29) is 5.75 Å². The van der Waals surface area contributed by atoms with Crippen molar-refractivity contribution in [1.82, 2.24) is 0 Å². The molecular weight excluding hydrogens is 238 g/mol. The van der Waals surface area contributed by atoms with E-state index in [1.165, 1.54) is 0 Å². The third-order valence-corrected chi connectivity index (χ3v) is 3.50. The third kappa shape index (κ3) is 4.85. The molecule has 0 fully saturated rings. The van der Waals surface area contributed by atoms with E-state index in [9.17, 15) is 8.42 Å². The quantitative estimate of drug-likeness (QED) is 0.785. The van der Waals surface area contributed by atoms with Gasteiger partial charge in [0.15, 0.2) is 0 Å². The third-order valence-electron chi connectivity index (χ3n) is 2.13. The van der Waals surface area contributed by atoms with Gasteiger partial charge in [0.2, 0.25) is 10.0 Å². The minimum absolute atomic E-state index is 0.0173. The summed E-state index contributed by atoms with van der Waals surface area (Å²) in [5.74, 6) is 0.0173. The molecule has 1 aromatic rings. The highest BCUT2D eigenvalue weighted by Gasteiger charge is 2.09. The molecule has 1 aromatic carbocycles. The van der Waals surface area contributed by atoms with Crippen molar-refractivity contribution in [2.24, 2.45) is 5.73 Å². The molecular formula is C11H15N3O2S. The average Bonchev–Trinajstić information content (AvgIpc) is 2.29. The lowest BCUT2D eigenvalue weighted by Gasteiger charge is -2.07.